The Balaban J connectivity index is 2.17. The summed E-state index contributed by atoms with van der Waals surface area (Å²) in [6.45, 7) is 2.75. The van der Waals surface area contributed by atoms with Gasteiger partial charge in [-0.3, -0.25) is 9.59 Å². The number of hydrogen-bond donors (Lipinski definition) is 1. The number of likely N-dealkylation sites (tertiary alicyclic amines) is 1. The third-order valence-electron chi connectivity index (χ3n) is 4.11. The zero-order valence-corrected chi connectivity index (χ0v) is 13.0. The lowest BCUT2D eigenvalue weighted by molar-refractivity contribution is -0.145. The molecule has 0 aliphatic carbocycles. The number of carbonyl (C=O) groups excluding carboxylic acids is 1. The van der Waals surface area contributed by atoms with Gasteiger partial charge in [0.25, 0.3) is 5.91 Å². The van der Waals surface area contributed by atoms with Crippen LogP contribution >= 0.6 is 0 Å². The molecule has 0 bridgehead atoms. The van der Waals surface area contributed by atoms with Gasteiger partial charge in [-0.2, -0.15) is 0 Å². The summed E-state index contributed by atoms with van der Waals surface area (Å²) in [6, 6.07) is 5.04. The Hall–Kier alpha value is -2.24. The summed E-state index contributed by atoms with van der Waals surface area (Å²) in [5.74, 6) is -0.269. The van der Waals surface area contributed by atoms with Gasteiger partial charge in [-0.1, -0.05) is 6.92 Å². The van der Waals surface area contributed by atoms with Crippen LogP contribution in [0.1, 0.15) is 23.7 Å². The van der Waals surface area contributed by atoms with Gasteiger partial charge in [0.15, 0.2) is 0 Å². The van der Waals surface area contributed by atoms with Crippen LogP contribution in [0.15, 0.2) is 18.2 Å². The van der Waals surface area contributed by atoms with Gasteiger partial charge in [-0.05, 0) is 24.5 Å². The molecular weight excluding hydrogens is 286 g/mol. The molecule has 1 fully saturated rings. The number of carboxylic acids is 1. The smallest absolute Gasteiger partial charge is 0.306 e. The molecule has 0 radical (unpaired) electrons. The third-order valence-corrected chi connectivity index (χ3v) is 4.11. The maximum absolute atomic E-state index is 12.6. The van der Waals surface area contributed by atoms with Crippen LogP contribution in [0.4, 0.5) is 0 Å². The van der Waals surface area contributed by atoms with E-state index >= 15 is 0 Å². The van der Waals surface area contributed by atoms with Crippen LogP contribution in [0.3, 0.4) is 0 Å². The minimum Gasteiger partial charge on any atom is -0.497 e. The second-order valence-corrected chi connectivity index (χ2v) is 5.56. The maximum atomic E-state index is 12.6. The van der Waals surface area contributed by atoms with E-state index in [0.717, 1.165) is 0 Å². The van der Waals surface area contributed by atoms with E-state index in [-0.39, 0.29) is 17.7 Å². The minimum absolute atomic E-state index is 0.0669. The fraction of sp³-hybridized carbons (Fsp3) is 0.500. The Morgan fingerprint density at radius 3 is 2.23 bits per heavy atom. The van der Waals surface area contributed by atoms with Crippen LogP contribution in [0, 0.1) is 11.8 Å². The predicted molar refractivity (Wildman–Crippen MR) is 80.4 cm³/mol. The van der Waals surface area contributed by atoms with E-state index in [1.807, 2.05) is 6.92 Å². The molecule has 0 aromatic heterocycles. The van der Waals surface area contributed by atoms with E-state index in [9.17, 15) is 9.59 Å². The summed E-state index contributed by atoms with van der Waals surface area (Å²) >= 11 is 0. The highest BCUT2D eigenvalue weighted by Crippen LogP contribution is 2.27. The number of carboxylic acid groups (broad SMARTS) is 1. The molecule has 0 spiro atoms. The summed E-state index contributed by atoms with van der Waals surface area (Å²) in [4.78, 5) is 25.5. The van der Waals surface area contributed by atoms with E-state index in [2.05, 4.69) is 0 Å². The summed E-state index contributed by atoms with van der Waals surface area (Å²) in [5, 5.41) is 9.15. The topological polar surface area (TPSA) is 76.1 Å². The van der Waals surface area contributed by atoms with Crippen molar-refractivity contribution in [1.29, 1.82) is 0 Å². The number of hydrogen-bond acceptors (Lipinski definition) is 4. The lowest BCUT2D eigenvalue weighted by atomic mass is 9.87. The van der Waals surface area contributed by atoms with Crippen LogP contribution in [-0.2, 0) is 4.79 Å². The molecule has 0 saturated carbocycles. The van der Waals surface area contributed by atoms with Gasteiger partial charge in [-0.15, -0.1) is 0 Å². The van der Waals surface area contributed by atoms with Crippen LogP contribution in [0.5, 0.6) is 11.5 Å². The van der Waals surface area contributed by atoms with Crippen LogP contribution in [-0.4, -0.2) is 49.2 Å². The number of aliphatic carboxylic acids is 1. The number of methoxy groups -OCH3 is 2. The molecule has 1 saturated heterocycles. The average Bonchev–Trinajstić information content (AvgIpc) is 2.53. The fourth-order valence-corrected chi connectivity index (χ4v) is 2.81. The molecule has 1 aliphatic heterocycles. The molecular formula is C16H21NO5. The number of ether oxygens (including phenoxy) is 2. The zero-order chi connectivity index (χ0) is 16.3. The Morgan fingerprint density at radius 1 is 1.18 bits per heavy atom. The molecule has 2 atom stereocenters. The van der Waals surface area contributed by atoms with Crippen molar-refractivity contribution in [3.05, 3.63) is 23.8 Å². The number of piperidine rings is 1. The fourth-order valence-electron chi connectivity index (χ4n) is 2.81. The minimum atomic E-state index is -0.789. The Morgan fingerprint density at radius 2 is 1.77 bits per heavy atom. The van der Waals surface area contributed by atoms with Crippen molar-refractivity contribution in [1.82, 2.24) is 4.90 Å². The second-order valence-electron chi connectivity index (χ2n) is 5.56. The number of amides is 1. The van der Waals surface area contributed by atoms with Crippen molar-refractivity contribution in [3.63, 3.8) is 0 Å². The highest BCUT2D eigenvalue weighted by atomic mass is 16.5. The normalized spacial score (nSPS) is 21.3. The molecule has 6 nitrogen and oxygen atoms in total. The van der Waals surface area contributed by atoms with Crippen molar-refractivity contribution >= 4 is 11.9 Å². The molecule has 1 amide bonds. The largest absolute Gasteiger partial charge is 0.497 e. The van der Waals surface area contributed by atoms with E-state index in [0.29, 0.717) is 36.6 Å². The van der Waals surface area contributed by atoms with E-state index in [1.165, 1.54) is 14.2 Å². The standard InChI is InChI=1S/C16H21NO5/c1-10-9-17(5-4-14(10)16(19)20)15(18)11-6-12(21-2)8-13(7-11)22-3/h6-8,10,14H,4-5,9H2,1-3H3,(H,19,20). The summed E-state index contributed by atoms with van der Waals surface area (Å²) < 4.78 is 10.4. The van der Waals surface area contributed by atoms with Crippen molar-refractivity contribution < 1.29 is 24.2 Å². The highest BCUT2D eigenvalue weighted by molar-refractivity contribution is 5.95. The summed E-state index contributed by atoms with van der Waals surface area (Å²) in [6.07, 6.45) is 0.476. The van der Waals surface area contributed by atoms with Crippen molar-refractivity contribution in [2.75, 3.05) is 27.3 Å². The van der Waals surface area contributed by atoms with Gasteiger partial charge < -0.3 is 19.5 Å². The van der Waals surface area contributed by atoms with Crippen LogP contribution in [0.2, 0.25) is 0 Å². The molecule has 2 unspecified atom stereocenters. The number of nitrogens with zero attached hydrogens (tertiary/aromatic N) is 1. The number of rotatable bonds is 4. The maximum Gasteiger partial charge on any atom is 0.306 e. The lowest BCUT2D eigenvalue weighted by Crippen LogP contribution is -2.45. The number of benzene rings is 1. The third kappa shape index (κ3) is 3.32. The van der Waals surface area contributed by atoms with Gasteiger partial charge in [0.2, 0.25) is 0 Å². The number of carbonyl (C=O) groups is 2. The molecule has 120 valence electrons. The average molecular weight is 307 g/mol. The first-order valence-electron chi connectivity index (χ1n) is 7.21. The van der Waals surface area contributed by atoms with Gasteiger partial charge in [0.1, 0.15) is 11.5 Å². The Kier molecular flexibility index (Phi) is 4.90. The molecule has 6 heteroatoms. The van der Waals surface area contributed by atoms with Gasteiger partial charge >= 0.3 is 5.97 Å². The Bertz CT molecular complexity index is 549. The SMILES string of the molecule is COc1cc(OC)cc(C(=O)N2CCC(C(=O)O)C(C)C2)c1. The molecule has 1 aromatic carbocycles. The quantitative estimate of drug-likeness (QED) is 0.919. The van der Waals surface area contributed by atoms with Gasteiger partial charge in [0, 0.05) is 24.7 Å². The van der Waals surface area contributed by atoms with Crippen molar-refractivity contribution in [3.8, 4) is 11.5 Å². The van der Waals surface area contributed by atoms with Gasteiger partial charge in [-0.25, -0.2) is 0 Å². The second kappa shape index (κ2) is 6.68. The predicted octanol–water partition coefficient (Wildman–Crippen LogP) is 1.89. The van der Waals surface area contributed by atoms with E-state index in [1.54, 1.807) is 23.1 Å². The first-order valence-corrected chi connectivity index (χ1v) is 7.21. The molecule has 22 heavy (non-hydrogen) atoms. The molecule has 1 aliphatic rings. The van der Waals surface area contributed by atoms with Gasteiger partial charge in [0.05, 0.1) is 20.1 Å². The lowest BCUT2D eigenvalue weighted by Gasteiger charge is -2.35. The van der Waals surface area contributed by atoms with Crippen LogP contribution < -0.4 is 9.47 Å². The van der Waals surface area contributed by atoms with Crippen molar-refractivity contribution in [2.45, 2.75) is 13.3 Å². The molecule has 1 aromatic rings. The van der Waals surface area contributed by atoms with E-state index < -0.39 is 5.97 Å². The summed E-state index contributed by atoms with van der Waals surface area (Å²) in [5.41, 5.74) is 0.483. The first-order chi connectivity index (χ1) is 10.5. The molecule has 2 rings (SSSR count). The zero-order valence-electron chi connectivity index (χ0n) is 13.0. The molecule has 1 heterocycles. The van der Waals surface area contributed by atoms with Crippen LogP contribution in [0.25, 0.3) is 0 Å². The van der Waals surface area contributed by atoms with Crippen molar-refractivity contribution in [2.24, 2.45) is 11.8 Å². The highest BCUT2D eigenvalue weighted by Gasteiger charge is 2.33. The monoisotopic (exact) mass is 307 g/mol. The summed E-state index contributed by atoms with van der Waals surface area (Å²) in [7, 11) is 3.06. The van der Waals surface area contributed by atoms with E-state index in [4.69, 9.17) is 14.6 Å². The Labute approximate surface area is 129 Å². The molecule has 1 N–H and O–H groups in total. The first kappa shape index (κ1) is 16.1.